The number of thiophene rings is 1. The summed E-state index contributed by atoms with van der Waals surface area (Å²) in [6, 6.07) is 3.41. The summed E-state index contributed by atoms with van der Waals surface area (Å²) in [4.78, 5) is 24.0. The second kappa shape index (κ2) is 7.27. The van der Waals surface area contributed by atoms with Gasteiger partial charge in [0, 0.05) is 6.04 Å². The predicted octanol–water partition coefficient (Wildman–Crippen LogP) is 3.50. The van der Waals surface area contributed by atoms with Gasteiger partial charge in [-0.2, -0.15) is 0 Å². The first kappa shape index (κ1) is 16.3. The van der Waals surface area contributed by atoms with Crippen molar-refractivity contribution in [1.82, 2.24) is 5.32 Å². The summed E-state index contributed by atoms with van der Waals surface area (Å²) in [6.07, 6.45) is 3.33. The molecule has 0 saturated heterocycles. The lowest BCUT2D eigenvalue weighted by Gasteiger charge is -2.34. The number of carbonyl (C=O) groups excluding carboxylic acids is 2. The van der Waals surface area contributed by atoms with E-state index in [2.05, 4.69) is 19.2 Å². The van der Waals surface area contributed by atoms with E-state index in [1.807, 2.05) is 0 Å². The molecule has 1 N–H and O–H groups in total. The normalized spacial score (nSPS) is 25.4. The highest BCUT2D eigenvalue weighted by Gasteiger charge is 2.28. The van der Waals surface area contributed by atoms with Crippen LogP contribution in [0.15, 0.2) is 12.1 Å². The van der Waals surface area contributed by atoms with Crippen molar-refractivity contribution in [1.29, 1.82) is 0 Å². The fourth-order valence-corrected chi connectivity index (χ4v) is 3.60. The summed E-state index contributed by atoms with van der Waals surface area (Å²) in [5, 5.41) is 2.97. The van der Waals surface area contributed by atoms with Crippen LogP contribution in [0.4, 0.5) is 0 Å². The average molecular weight is 330 g/mol. The van der Waals surface area contributed by atoms with Crippen LogP contribution in [0, 0.1) is 11.8 Å². The van der Waals surface area contributed by atoms with E-state index in [9.17, 15) is 9.59 Å². The summed E-state index contributed by atoms with van der Waals surface area (Å²) in [7, 11) is 0. The Morgan fingerprint density at radius 2 is 2.14 bits per heavy atom. The molecule has 4 nitrogen and oxygen atoms in total. The molecule has 3 atom stereocenters. The van der Waals surface area contributed by atoms with Crippen molar-refractivity contribution >= 4 is 34.8 Å². The molecule has 6 heteroatoms. The Morgan fingerprint density at radius 1 is 1.38 bits per heavy atom. The van der Waals surface area contributed by atoms with Crippen LogP contribution in [0.5, 0.6) is 0 Å². The highest BCUT2D eigenvalue weighted by Crippen LogP contribution is 2.29. The molecular formula is C15H20ClNO3S. The third-order valence-electron chi connectivity index (χ3n) is 4.16. The van der Waals surface area contributed by atoms with Gasteiger partial charge in [-0.1, -0.05) is 38.3 Å². The zero-order valence-electron chi connectivity index (χ0n) is 12.2. The summed E-state index contributed by atoms with van der Waals surface area (Å²) < 4.78 is 5.53. The number of nitrogens with one attached hydrogen (secondary N) is 1. The first-order valence-electron chi connectivity index (χ1n) is 7.19. The average Bonchev–Trinajstić information content (AvgIpc) is 2.88. The molecule has 1 aromatic rings. The maximum atomic E-state index is 11.9. The van der Waals surface area contributed by atoms with Crippen LogP contribution in [0.3, 0.4) is 0 Å². The van der Waals surface area contributed by atoms with Crippen molar-refractivity contribution < 1.29 is 14.3 Å². The quantitative estimate of drug-likeness (QED) is 0.860. The zero-order valence-corrected chi connectivity index (χ0v) is 13.8. The van der Waals surface area contributed by atoms with E-state index in [0.29, 0.717) is 21.0 Å². The molecule has 116 valence electrons. The minimum atomic E-state index is -0.507. The Hall–Kier alpha value is -1.07. The van der Waals surface area contributed by atoms with E-state index in [1.54, 1.807) is 12.1 Å². The zero-order chi connectivity index (χ0) is 15.4. The van der Waals surface area contributed by atoms with Crippen molar-refractivity contribution in [3.05, 3.63) is 21.3 Å². The molecule has 1 fully saturated rings. The Morgan fingerprint density at radius 3 is 2.81 bits per heavy atom. The van der Waals surface area contributed by atoms with Crippen LogP contribution in [0.25, 0.3) is 0 Å². The lowest BCUT2D eigenvalue weighted by Crippen LogP contribution is -2.45. The van der Waals surface area contributed by atoms with Crippen LogP contribution in [-0.4, -0.2) is 24.5 Å². The van der Waals surface area contributed by atoms with Crippen LogP contribution >= 0.6 is 22.9 Å². The van der Waals surface area contributed by atoms with Crippen LogP contribution in [-0.2, 0) is 9.53 Å². The van der Waals surface area contributed by atoms with Gasteiger partial charge in [-0.25, -0.2) is 4.79 Å². The van der Waals surface area contributed by atoms with Gasteiger partial charge in [-0.15, -0.1) is 11.3 Å². The molecule has 1 heterocycles. The SMILES string of the molecule is C[C@@H]1[C@H](C)CCC[C@H]1NC(=O)COC(=O)c1ccc(Cl)s1. The first-order valence-corrected chi connectivity index (χ1v) is 8.38. The van der Waals surface area contributed by atoms with Gasteiger partial charge in [0.1, 0.15) is 4.88 Å². The minimum Gasteiger partial charge on any atom is -0.451 e. The van der Waals surface area contributed by atoms with E-state index >= 15 is 0 Å². The lowest BCUT2D eigenvalue weighted by molar-refractivity contribution is -0.125. The van der Waals surface area contributed by atoms with Crippen molar-refractivity contribution in [2.75, 3.05) is 6.61 Å². The van der Waals surface area contributed by atoms with Crippen LogP contribution in [0.2, 0.25) is 4.34 Å². The number of carbonyl (C=O) groups is 2. The Kier molecular flexibility index (Phi) is 5.65. The second-order valence-corrected chi connectivity index (χ2v) is 7.34. The molecule has 0 radical (unpaired) electrons. The largest absolute Gasteiger partial charge is 0.451 e. The van der Waals surface area contributed by atoms with Gasteiger partial charge in [0.2, 0.25) is 0 Å². The smallest absolute Gasteiger partial charge is 0.348 e. The number of hydrogen-bond acceptors (Lipinski definition) is 4. The van der Waals surface area contributed by atoms with Gasteiger partial charge in [0.05, 0.1) is 4.34 Å². The standard InChI is InChI=1S/C15H20ClNO3S/c1-9-4-3-5-11(10(9)2)17-14(18)8-20-15(19)12-6-7-13(16)21-12/h6-7,9-11H,3-5,8H2,1-2H3,(H,17,18)/t9-,10-,11-/m1/s1. The molecule has 0 spiro atoms. The Balaban J connectivity index is 1.78. The molecule has 1 aliphatic rings. The topological polar surface area (TPSA) is 55.4 Å². The molecule has 0 aliphatic heterocycles. The maximum absolute atomic E-state index is 11.9. The molecule has 1 aromatic heterocycles. The van der Waals surface area contributed by atoms with Crippen LogP contribution < -0.4 is 5.32 Å². The molecule has 1 saturated carbocycles. The van der Waals surface area contributed by atoms with E-state index in [4.69, 9.17) is 16.3 Å². The third-order valence-corrected chi connectivity index (χ3v) is 5.37. The Labute approximate surface area is 133 Å². The van der Waals surface area contributed by atoms with Crippen molar-refractivity contribution in [3.8, 4) is 0 Å². The van der Waals surface area contributed by atoms with E-state index in [1.165, 1.54) is 6.42 Å². The van der Waals surface area contributed by atoms with Gasteiger partial charge in [-0.3, -0.25) is 4.79 Å². The number of esters is 1. The minimum absolute atomic E-state index is 0.177. The predicted molar refractivity (Wildman–Crippen MR) is 83.7 cm³/mol. The highest BCUT2D eigenvalue weighted by molar-refractivity contribution is 7.17. The fourth-order valence-electron chi connectivity index (χ4n) is 2.66. The number of ether oxygens (including phenoxy) is 1. The molecule has 21 heavy (non-hydrogen) atoms. The van der Waals surface area contributed by atoms with Gasteiger partial charge in [0.25, 0.3) is 5.91 Å². The summed E-state index contributed by atoms with van der Waals surface area (Å²) in [5.41, 5.74) is 0. The maximum Gasteiger partial charge on any atom is 0.348 e. The number of amides is 1. The highest BCUT2D eigenvalue weighted by atomic mass is 35.5. The van der Waals surface area contributed by atoms with Crippen molar-refractivity contribution in [3.63, 3.8) is 0 Å². The molecule has 1 amide bonds. The number of halogens is 1. The fraction of sp³-hybridized carbons (Fsp3) is 0.600. The lowest BCUT2D eigenvalue weighted by atomic mass is 9.78. The van der Waals surface area contributed by atoms with Crippen molar-refractivity contribution in [2.45, 2.75) is 39.2 Å². The third kappa shape index (κ3) is 4.45. The summed E-state index contributed by atoms with van der Waals surface area (Å²) in [5.74, 6) is 0.318. The second-order valence-electron chi connectivity index (χ2n) is 5.62. The Bertz CT molecular complexity index is 517. The van der Waals surface area contributed by atoms with E-state index in [-0.39, 0.29) is 18.6 Å². The van der Waals surface area contributed by atoms with Gasteiger partial charge in [-0.05, 0) is 30.4 Å². The first-order chi connectivity index (χ1) is 9.97. The van der Waals surface area contributed by atoms with E-state index in [0.717, 1.165) is 24.2 Å². The van der Waals surface area contributed by atoms with Gasteiger partial charge < -0.3 is 10.1 Å². The number of rotatable bonds is 4. The molecule has 0 unspecified atom stereocenters. The van der Waals surface area contributed by atoms with E-state index < -0.39 is 5.97 Å². The molecule has 0 aromatic carbocycles. The van der Waals surface area contributed by atoms with Crippen LogP contribution in [0.1, 0.15) is 42.8 Å². The summed E-state index contributed by atoms with van der Waals surface area (Å²) >= 11 is 6.90. The molecule has 2 rings (SSSR count). The molecule has 1 aliphatic carbocycles. The summed E-state index contributed by atoms with van der Waals surface area (Å²) in [6.45, 7) is 4.13. The molecule has 0 bridgehead atoms. The van der Waals surface area contributed by atoms with Gasteiger partial charge >= 0.3 is 5.97 Å². The monoisotopic (exact) mass is 329 g/mol. The van der Waals surface area contributed by atoms with Gasteiger partial charge in [0.15, 0.2) is 6.61 Å². The van der Waals surface area contributed by atoms with Crippen molar-refractivity contribution in [2.24, 2.45) is 11.8 Å². The molecular weight excluding hydrogens is 310 g/mol. The number of hydrogen-bond donors (Lipinski definition) is 1.